The van der Waals surface area contributed by atoms with E-state index in [1.165, 1.54) is 12.4 Å². The van der Waals surface area contributed by atoms with E-state index in [4.69, 9.17) is 5.84 Å². The Bertz CT molecular complexity index is 383. The molecule has 0 bridgehead atoms. The highest BCUT2D eigenvalue weighted by atomic mass is 16.2. The van der Waals surface area contributed by atoms with E-state index < -0.39 is 0 Å². The van der Waals surface area contributed by atoms with E-state index in [9.17, 15) is 4.79 Å². The summed E-state index contributed by atoms with van der Waals surface area (Å²) in [6, 6.07) is -0.359. The Morgan fingerprint density at radius 2 is 2.18 bits per heavy atom. The molecule has 1 amide bonds. The smallest absolute Gasteiger partial charge is 0.244 e. The van der Waals surface area contributed by atoms with Crippen LogP contribution in [0.3, 0.4) is 0 Å². The Labute approximate surface area is 100 Å². The van der Waals surface area contributed by atoms with E-state index in [2.05, 4.69) is 20.7 Å². The van der Waals surface area contributed by atoms with Crippen LogP contribution in [0.5, 0.6) is 0 Å². The summed E-state index contributed by atoms with van der Waals surface area (Å²) in [6.07, 6.45) is 3.03. The van der Waals surface area contributed by atoms with Gasteiger partial charge in [0.05, 0.1) is 12.4 Å². The highest BCUT2D eigenvalue weighted by Crippen LogP contribution is 2.07. The fourth-order valence-corrected chi connectivity index (χ4v) is 1.28. The van der Waals surface area contributed by atoms with Gasteiger partial charge >= 0.3 is 0 Å². The predicted octanol–water partition coefficient (Wildman–Crippen LogP) is 0.0409. The number of carbonyl (C=O) groups is 1. The van der Waals surface area contributed by atoms with Crippen LogP contribution in [0.4, 0.5) is 11.6 Å². The van der Waals surface area contributed by atoms with Crippen molar-refractivity contribution in [2.24, 2.45) is 5.84 Å². The third-order valence-electron chi connectivity index (χ3n) is 2.37. The van der Waals surface area contributed by atoms with E-state index >= 15 is 0 Å². The van der Waals surface area contributed by atoms with Crippen LogP contribution in [0, 0.1) is 0 Å². The maximum Gasteiger partial charge on any atom is 0.244 e. The van der Waals surface area contributed by atoms with E-state index in [1.807, 2.05) is 6.92 Å². The van der Waals surface area contributed by atoms with Crippen molar-refractivity contribution in [3.8, 4) is 0 Å². The van der Waals surface area contributed by atoms with E-state index in [1.54, 1.807) is 18.9 Å². The van der Waals surface area contributed by atoms with Crippen LogP contribution in [0.25, 0.3) is 0 Å². The van der Waals surface area contributed by atoms with E-state index in [0.717, 1.165) is 0 Å². The van der Waals surface area contributed by atoms with Gasteiger partial charge in [-0.1, -0.05) is 0 Å². The molecule has 0 saturated heterocycles. The lowest BCUT2D eigenvalue weighted by atomic mass is 10.3. The van der Waals surface area contributed by atoms with Gasteiger partial charge < -0.3 is 15.6 Å². The number of carbonyl (C=O) groups excluding carboxylic acids is 1. The van der Waals surface area contributed by atoms with Crippen LogP contribution >= 0.6 is 0 Å². The monoisotopic (exact) mass is 238 g/mol. The second-order valence-electron chi connectivity index (χ2n) is 3.65. The molecule has 1 unspecified atom stereocenters. The molecule has 1 heterocycles. The van der Waals surface area contributed by atoms with Crippen LogP contribution in [0.1, 0.15) is 13.8 Å². The van der Waals surface area contributed by atoms with Gasteiger partial charge in [-0.2, -0.15) is 0 Å². The lowest BCUT2D eigenvalue weighted by Crippen LogP contribution is -2.39. The first kappa shape index (κ1) is 13.2. The van der Waals surface area contributed by atoms with Crippen molar-refractivity contribution in [1.82, 2.24) is 14.9 Å². The molecule has 1 aromatic rings. The Morgan fingerprint density at radius 3 is 2.76 bits per heavy atom. The lowest BCUT2D eigenvalue weighted by Gasteiger charge is -2.20. The van der Waals surface area contributed by atoms with Gasteiger partial charge in [-0.25, -0.2) is 10.8 Å². The third kappa shape index (κ3) is 3.56. The van der Waals surface area contributed by atoms with Gasteiger partial charge in [0.2, 0.25) is 5.91 Å². The van der Waals surface area contributed by atoms with Crippen LogP contribution in [-0.2, 0) is 4.79 Å². The molecule has 1 rings (SSSR count). The number of hydrazine groups is 1. The predicted molar refractivity (Wildman–Crippen MR) is 66.2 cm³/mol. The number of hydrogen-bond acceptors (Lipinski definition) is 6. The molecule has 0 radical (unpaired) electrons. The SMILES string of the molecule is CCN(C)C(=O)C(C)Nc1cncc(NN)n1. The number of anilines is 2. The Kier molecular flexibility index (Phi) is 4.65. The minimum Gasteiger partial charge on any atom is -0.357 e. The number of nitrogens with one attached hydrogen (secondary N) is 2. The highest BCUT2D eigenvalue weighted by molar-refractivity contribution is 5.83. The number of hydrogen-bond donors (Lipinski definition) is 3. The van der Waals surface area contributed by atoms with Crippen molar-refractivity contribution in [2.45, 2.75) is 19.9 Å². The Morgan fingerprint density at radius 1 is 1.53 bits per heavy atom. The molecule has 0 spiro atoms. The Balaban J connectivity index is 2.67. The largest absolute Gasteiger partial charge is 0.357 e. The van der Waals surface area contributed by atoms with Gasteiger partial charge in [0.1, 0.15) is 11.9 Å². The number of rotatable bonds is 5. The molecule has 4 N–H and O–H groups in total. The molecule has 7 nitrogen and oxygen atoms in total. The molecule has 1 atom stereocenters. The van der Waals surface area contributed by atoms with Crippen molar-refractivity contribution in [3.63, 3.8) is 0 Å². The van der Waals surface area contributed by atoms with Gasteiger partial charge in [-0.05, 0) is 13.8 Å². The van der Waals surface area contributed by atoms with Crippen molar-refractivity contribution >= 4 is 17.5 Å². The number of nitrogens with two attached hydrogens (primary N) is 1. The fraction of sp³-hybridized carbons (Fsp3) is 0.500. The number of nitrogen functional groups attached to an aromatic ring is 1. The molecule has 94 valence electrons. The van der Waals surface area contributed by atoms with Gasteiger partial charge in [0.15, 0.2) is 5.82 Å². The fourth-order valence-electron chi connectivity index (χ4n) is 1.28. The van der Waals surface area contributed by atoms with Crippen molar-refractivity contribution in [1.29, 1.82) is 0 Å². The zero-order chi connectivity index (χ0) is 12.8. The molecule has 0 aliphatic rings. The first-order chi connectivity index (χ1) is 8.08. The van der Waals surface area contributed by atoms with E-state index in [-0.39, 0.29) is 11.9 Å². The maximum atomic E-state index is 11.8. The summed E-state index contributed by atoms with van der Waals surface area (Å²) in [5.41, 5.74) is 2.39. The molecule has 0 fully saturated rings. The zero-order valence-electron chi connectivity index (χ0n) is 10.3. The molecular weight excluding hydrogens is 220 g/mol. The van der Waals surface area contributed by atoms with Gasteiger partial charge in [-0.15, -0.1) is 0 Å². The molecule has 7 heteroatoms. The summed E-state index contributed by atoms with van der Waals surface area (Å²) in [4.78, 5) is 21.5. The minimum atomic E-state index is -0.359. The second kappa shape index (κ2) is 6.00. The lowest BCUT2D eigenvalue weighted by molar-refractivity contribution is -0.130. The first-order valence-corrected chi connectivity index (χ1v) is 5.38. The van der Waals surface area contributed by atoms with Crippen molar-refractivity contribution in [3.05, 3.63) is 12.4 Å². The quantitative estimate of drug-likeness (QED) is 0.495. The minimum absolute atomic E-state index is 0.000380. The molecular formula is C10H18N6O. The highest BCUT2D eigenvalue weighted by Gasteiger charge is 2.16. The topological polar surface area (TPSA) is 96.2 Å². The first-order valence-electron chi connectivity index (χ1n) is 5.38. The van der Waals surface area contributed by atoms with Gasteiger partial charge in [0.25, 0.3) is 0 Å². The van der Waals surface area contributed by atoms with Crippen LogP contribution < -0.4 is 16.6 Å². The number of aromatic nitrogens is 2. The molecule has 17 heavy (non-hydrogen) atoms. The molecule has 0 saturated carbocycles. The zero-order valence-corrected chi connectivity index (χ0v) is 10.3. The second-order valence-corrected chi connectivity index (χ2v) is 3.65. The van der Waals surface area contributed by atoms with Crippen molar-refractivity contribution in [2.75, 3.05) is 24.3 Å². The molecule has 1 aromatic heterocycles. The summed E-state index contributed by atoms with van der Waals surface area (Å²) >= 11 is 0. The number of amides is 1. The summed E-state index contributed by atoms with van der Waals surface area (Å²) in [5, 5.41) is 2.97. The number of likely N-dealkylation sites (N-methyl/N-ethyl adjacent to an activating group) is 1. The van der Waals surface area contributed by atoms with Crippen LogP contribution in [0.15, 0.2) is 12.4 Å². The average Bonchev–Trinajstić information content (AvgIpc) is 2.37. The number of nitrogens with zero attached hydrogens (tertiary/aromatic N) is 3. The molecule has 0 aromatic carbocycles. The average molecular weight is 238 g/mol. The molecule has 0 aliphatic carbocycles. The maximum absolute atomic E-state index is 11.8. The summed E-state index contributed by atoms with van der Waals surface area (Å²) in [5.74, 6) is 6.17. The van der Waals surface area contributed by atoms with E-state index in [0.29, 0.717) is 18.2 Å². The van der Waals surface area contributed by atoms with Gasteiger partial charge in [0, 0.05) is 13.6 Å². The third-order valence-corrected chi connectivity index (χ3v) is 2.37. The van der Waals surface area contributed by atoms with Gasteiger partial charge in [-0.3, -0.25) is 9.78 Å². The Hall–Kier alpha value is -1.89. The summed E-state index contributed by atoms with van der Waals surface area (Å²) in [6.45, 7) is 4.36. The normalized spacial score (nSPS) is 11.8. The van der Waals surface area contributed by atoms with Crippen LogP contribution in [-0.4, -0.2) is 40.4 Å². The van der Waals surface area contributed by atoms with Crippen LogP contribution in [0.2, 0.25) is 0 Å². The summed E-state index contributed by atoms with van der Waals surface area (Å²) in [7, 11) is 1.75. The molecule has 0 aliphatic heterocycles. The standard InChI is InChI=1S/C10H18N6O/c1-4-16(3)10(17)7(2)13-8-5-12-6-9(14-8)15-11/h5-7H,4,11H2,1-3H3,(H2,13,14,15). The summed E-state index contributed by atoms with van der Waals surface area (Å²) < 4.78 is 0. The van der Waals surface area contributed by atoms with Crippen molar-refractivity contribution < 1.29 is 4.79 Å².